The van der Waals surface area contributed by atoms with Crippen molar-refractivity contribution in [2.24, 2.45) is 0 Å². The van der Waals surface area contributed by atoms with Crippen molar-refractivity contribution < 1.29 is 4.74 Å². The van der Waals surface area contributed by atoms with E-state index in [1.165, 1.54) is 10.9 Å². The monoisotopic (exact) mass is 697 g/mol. The molecule has 5 aromatic heterocycles. The Balaban J connectivity index is 0.000000158. The van der Waals surface area contributed by atoms with E-state index in [-0.39, 0.29) is 12.0 Å². The van der Waals surface area contributed by atoms with Gasteiger partial charge in [-0.05, 0) is 42.7 Å². The Labute approximate surface area is 287 Å². The van der Waals surface area contributed by atoms with E-state index in [0.717, 1.165) is 42.8 Å². The molecule has 1 saturated heterocycles. The SMILES string of the molecule is CNc1nc(Nc2cn[nH]n2)nc(Oc2ccccc2Cl)n1.c1nc2ccc(Cc3nc(Nc4cn[nH]n4)nc(N4CCCC4)n3)cc2s1. The first-order valence-corrected chi connectivity index (χ1v) is 16.3. The molecule has 7 aromatic rings. The normalized spacial score (nSPS) is 12.4. The quantitative estimate of drug-likeness (QED) is 0.130. The van der Waals surface area contributed by atoms with Crippen molar-refractivity contribution in [3.8, 4) is 11.8 Å². The number of hydrogen-bond donors (Lipinski definition) is 5. The van der Waals surface area contributed by atoms with E-state index in [1.807, 2.05) is 11.6 Å². The molecule has 0 amide bonds. The van der Waals surface area contributed by atoms with Crippen molar-refractivity contribution >= 4 is 68.6 Å². The fraction of sp³-hybridized carbons (Fsp3) is 0.207. The predicted octanol–water partition coefficient (Wildman–Crippen LogP) is 4.75. The number of H-pyrrole nitrogens is 2. The van der Waals surface area contributed by atoms with Crippen LogP contribution in [-0.2, 0) is 6.42 Å². The zero-order valence-electron chi connectivity index (χ0n) is 25.9. The van der Waals surface area contributed by atoms with E-state index in [4.69, 9.17) is 21.3 Å². The van der Waals surface area contributed by atoms with E-state index in [0.29, 0.717) is 46.7 Å². The fourth-order valence-electron chi connectivity index (χ4n) is 4.74. The summed E-state index contributed by atoms with van der Waals surface area (Å²) in [5.41, 5.74) is 4.03. The van der Waals surface area contributed by atoms with Crippen LogP contribution in [0.2, 0.25) is 5.02 Å². The maximum Gasteiger partial charge on any atom is 0.328 e. The van der Waals surface area contributed by atoms with Gasteiger partial charge in [0.1, 0.15) is 11.6 Å². The second-order valence-corrected chi connectivity index (χ2v) is 11.7. The molecule has 0 unspecified atom stereocenters. The van der Waals surface area contributed by atoms with E-state index >= 15 is 0 Å². The van der Waals surface area contributed by atoms with Crippen LogP contribution in [0.5, 0.6) is 11.8 Å². The number of ether oxygens (including phenoxy) is 1. The topological polar surface area (TPSA) is 222 Å². The highest BCUT2D eigenvalue weighted by atomic mass is 35.5. The van der Waals surface area contributed by atoms with Gasteiger partial charge in [-0.1, -0.05) is 29.8 Å². The number of benzene rings is 2. The van der Waals surface area contributed by atoms with Crippen LogP contribution in [0.3, 0.4) is 0 Å². The predicted molar refractivity (Wildman–Crippen MR) is 184 cm³/mol. The van der Waals surface area contributed by atoms with Gasteiger partial charge in [-0.25, -0.2) is 4.98 Å². The van der Waals surface area contributed by atoms with E-state index in [2.05, 4.69) is 93.7 Å². The summed E-state index contributed by atoms with van der Waals surface area (Å²) in [4.78, 5) is 32.8. The van der Waals surface area contributed by atoms with Gasteiger partial charge in [-0.15, -0.1) is 21.5 Å². The summed E-state index contributed by atoms with van der Waals surface area (Å²) in [6.07, 6.45) is 6.04. The zero-order valence-corrected chi connectivity index (χ0v) is 27.4. The standard InChI is InChI=1S/C17H17N9S.C12H11ClN8O/c1-2-6-26(5-1)17-22-14(20-16(23-17)21-15-9-19-25-24-15)8-11-3-4-12-13(7-11)27-10-18-12;1-14-10-17-11(16-9-6-15-21-20-9)19-12(18-10)22-8-5-3-2-4-7(8)13/h3-4,7,9-10H,1-2,5-6,8H2,(H2,19,20,21,22,23,24,25);2-6H,1H3,(H3,14,15,16,17,18,19,20,21). The summed E-state index contributed by atoms with van der Waals surface area (Å²) >= 11 is 7.69. The average Bonchev–Trinajstić information content (AvgIpc) is 3.95. The minimum absolute atomic E-state index is 0.0958. The molecule has 18 nitrogen and oxygen atoms in total. The van der Waals surface area contributed by atoms with Gasteiger partial charge >= 0.3 is 6.01 Å². The minimum Gasteiger partial charge on any atom is -0.423 e. The molecule has 0 saturated carbocycles. The maximum atomic E-state index is 6.05. The summed E-state index contributed by atoms with van der Waals surface area (Å²) < 4.78 is 6.76. The largest absolute Gasteiger partial charge is 0.423 e. The molecule has 0 radical (unpaired) electrons. The number of para-hydroxylation sites is 1. The summed E-state index contributed by atoms with van der Waals surface area (Å²) in [6.45, 7) is 1.94. The number of nitrogens with one attached hydrogen (secondary N) is 5. The molecule has 1 aliphatic rings. The highest BCUT2D eigenvalue weighted by Crippen LogP contribution is 2.28. The Kier molecular flexibility index (Phi) is 9.50. The van der Waals surface area contributed by atoms with Gasteiger partial charge in [0.2, 0.25) is 23.8 Å². The smallest absolute Gasteiger partial charge is 0.328 e. The minimum atomic E-state index is 0.0958. The average molecular weight is 698 g/mol. The number of rotatable bonds is 10. The van der Waals surface area contributed by atoms with Crippen LogP contribution in [0, 0.1) is 0 Å². The second-order valence-electron chi connectivity index (χ2n) is 10.4. The molecule has 2 aromatic carbocycles. The molecule has 0 aliphatic carbocycles. The van der Waals surface area contributed by atoms with E-state index < -0.39 is 0 Å². The maximum absolute atomic E-state index is 6.05. The number of thiazole rings is 1. The van der Waals surface area contributed by atoms with Gasteiger partial charge < -0.3 is 25.6 Å². The summed E-state index contributed by atoms with van der Waals surface area (Å²) in [7, 11) is 1.69. The molecular weight excluding hydrogens is 670 g/mol. The lowest BCUT2D eigenvalue weighted by Gasteiger charge is -2.16. The van der Waals surface area contributed by atoms with Crippen LogP contribution < -0.4 is 25.6 Å². The number of hydrogen-bond acceptors (Lipinski definition) is 17. The lowest BCUT2D eigenvalue weighted by molar-refractivity contribution is 0.442. The number of aromatic amines is 2. The Hall–Kier alpha value is -6.08. The van der Waals surface area contributed by atoms with Crippen LogP contribution in [0.4, 0.5) is 35.4 Å². The Morgan fingerprint density at radius 2 is 1.59 bits per heavy atom. The fourth-order valence-corrected chi connectivity index (χ4v) is 5.66. The van der Waals surface area contributed by atoms with Crippen LogP contribution in [0.15, 0.2) is 60.4 Å². The van der Waals surface area contributed by atoms with E-state index in [9.17, 15) is 0 Å². The number of fused-ring (bicyclic) bond motifs is 1. The first kappa shape index (κ1) is 31.5. The van der Waals surface area contributed by atoms with Gasteiger partial charge in [0.25, 0.3) is 0 Å². The second kappa shape index (κ2) is 14.8. The highest BCUT2D eigenvalue weighted by molar-refractivity contribution is 7.16. The van der Waals surface area contributed by atoms with Crippen molar-refractivity contribution in [1.82, 2.24) is 65.7 Å². The molecule has 8 rings (SSSR count). The Morgan fingerprint density at radius 1 is 0.857 bits per heavy atom. The van der Waals surface area contributed by atoms with Crippen LogP contribution >= 0.6 is 22.9 Å². The molecule has 248 valence electrons. The number of nitrogens with zero attached hydrogens (tertiary/aromatic N) is 12. The molecule has 0 bridgehead atoms. The summed E-state index contributed by atoms with van der Waals surface area (Å²) in [5.74, 6) is 4.00. The molecule has 20 heteroatoms. The zero-order chi connectivity index (χ0) is 33.4. The van der Waals surface area contributed by atoms with Gasteiger partial charge in [-0.2, -0.15) is 50.5 Å². The van der Waals surface area contributed by atoms with Crippen LogP contribution in [0.25, 0.3) is 10.2 Å². The molecular formula is C29H28ClN17OS. The molecule has 0 spiro atoms. The third kappa shape index (κ3) is 8.08. The highest BCUT2D eigenvalue weighted by Gasteiger charge is 2.18. The molecule has 0 atom stereocenters. The third-order valence-corrected chi connectivity index (χ3v) is 8.11. The summed E-state index contributed by atoms with van der Waals surface area (Å²) in [6, 6.07) is 13.4. The van der Waals surface area contributed by atoms with Gasteiger partial charge in [0.05, 0.1) is 33.1 Å². The van der Waals surface area contributed by atoms with Crippen molar-refractivity contribution in [2.45, 2.75) is 19.3 Å². The van der Waals surface area contributed by atoms with Crippen molar-refractivity contribution in [1.29, 1.82) is 0 Å². The third-order valence-electron chi connectivity index (χ3n) is 7.00. The van der Waals surface area contributed by atoms with Gasteiger partial charge in [0, 0.05) is 26.6 Å². The van der Waals surface area contributed by atoms with Gasteiger partial charge in [0.15, 0.2) is 11.6 Å². The molecule has 6 heterocycles. The first-order chi connectivity index (χ1) is 24.1. The lowest BCUT2D eigenvalue weighted by Crippen LogP contribution is -2.22. The van der Waals surface area contributed by atoms with Crippen molar-refractivity contribution in [2.75, 3.05) is 41.0 Å². The molecule has 1 aliphatic heterocycles. The molecule has 1 fully saturated rings. The Morgan fingerprint density at radius 3 is 2.31 bits per heavy atom. The van der Waals surface area contributed by atoms with Crippen LogP contribution in [0.1, 0.15) is 24.2 Å². The Bertz CT molecular complexity index is 2120. The molecule has 49 heavy (non-hydrogen) atoms. The molecule has 5 N–H and O–H groups in total. The lowest BCUT2D eigenvalue weighted by atomic mass is 10.1. The van der Waals surface area contributed by atoms with E-state index in [1.54, 1.807) is 48.8 Å². The number of anilines is 6. The number of halogens is 1. The number of aromatic nitrogens is 13. The van der Waals surface area contributed by atoms with Crippen molar-refractivity contribution in [3.05, 3.63) is 76.8 Å². The van der Waals surface area contributed by atoms with Crippen LogP contribution in [-0.4, -0.2) is 85.8 Å². The summed E-state index contributed by atoms with van der Waals surface area (Å²) in [5, 5.41) is 29.7. The van der Waals surface area contributed by atoms with Crippen molar-refractivity contribution in [3.63, 3.8) is 0 Å². The van der Waals surface area contributed by atoms with Gasteiger partial charge in [-0.3, -0.25) is 0 Å². The first-order valence-electron chi connectivity index (χ1n) is 15.0.